The number of aliphatic imine (C=N–C) groups is 1. The summed E-state index contributed by atoms with van der Waals surface area (Å²) in [4.78, 5) is 10.5. The normalized spacial score (nSPS) is 15.9. The van der Waals surface area contributed by atoms with Crippen LogP contribution in [-0.2, 0) is 10.0 Å². The summed E-state index contributed by atoms with van der Waals surface area (Å²) in [6.45, 7) is 2.35. The maximum absolute atomic E-state index is 12.2. The van der Waals surface area contributed by atoms with E-state index >= 15 is 0 Å². The number of aromatic nitrogens is 1. The minimum atomic E-state index is -3.55. The van der Waals surface area contributed by atoms with Crippen molar-refractivity contribution < 1.29 is 13.2 Å². The number of nitrogens with zero attached hydrogens (tertiary/aromatic N) is 3. The van der Waals surface area contributed by atoms with Gasteiger partial charge in [-0.3, -0.25) is 9.98 Å². The molecule has 1 aliphatic heterocycles. The first-order chi connectivity index (χ1) is 14.1. The first kappa shape index (κ1) is 21.1. The summed E-state index contributed by atoms with van der Waals surface area (Å²) in [6, 6.07) is 13.0. The Kier molecular flexibility index (Phi) is 7.42. The van der Waals surface area contributed by atoms with Gasteiger partial charge in [0.05, 0.1) is 0 Å². The number of ether oxygens (including phenoxy) is 1. The van der Waals surface area contributed by atoms with Crippen LogP contribution in [0.1, 0.15) is 12.8 Å². The molecule has 0 bridgehead atoms. The fourth-order valence-electron chi connectivity index (χ4n) is 3.16. The number of piperidine rings is 1. The maximum atomic E-state index is 12.2. The number of sulfonamides is 1. The van der Waals surface area contributed by atoms with E-state index in [2.05, 4.69) is 24.9 Å². The summed E-state index contributed by atoms with van der Waals surface area (Å²) < 4.78 is 33.0. The fraction of sp³-hybridized carbons (Fsp3) is 0.400. The van der Waals surface area contributed by atoms with E-state index in [1.54, 1.807) is 19.3 Å². The number of para-hydroxylation sites is 1. The molecule has 1 aromatic heterocycles. The van der Waals surface area contributed by atoms with Gasteiger partial charge in [-0.1, -0.05) is 18.2 Å². The number of likely N-dealkylation sites (tertiary alicyclic amines) is 1. The van der Waals surface area contributed by atoms with Crippen molar-refractivity contribution in [3.8, 4) is 5.75 Å². The van der Waals surface area contributed by atoms with Gasteiger partial charge in [0.2, 0.25) is 10.0 Å². The average Bonchev–Trinajstić information content (AvgIpc) is 2.76. The molecule has 156 valence electrons. The Bertz CT molecular complexity index is 883. The molecule has 0 saturated carbocycles. The van der Waals surface area contributed by atoms with Crippen LogP contribution in [0.15, 0.2) is 64.7 Å². The second-order valence-corrected chi connectivity index (χ2v) is 8.44. The molecule has 2 heterocycles. The molecule has 1 aliphatic rings. The Morgan fingerprint density at radius 2 is 1.93 bits per heavy atom. The SMILES string of the molecule is CN=C(NCCNS(=O)(=O)c1cccnc1)N1CCC(Oc2ccccc2)CC1. The van der Waals surface area contributed by atoms with Gasteiger partial charge >= 0.3 is 0 Å². The van der Waals surface area contributed by atoms with Gasteiger partial charge in [-0.2, -0.15) is 0 Å². The zero-order valence-corrected chi connectivity index (χ0v) is 17.3. The van der Waals surface area contributed by atoms with Gasteiger partial charge in [0.25, 0.3) is 0 Å². The molecule has 0 spiro atoms. The lowest BCUT2D eigenvalue weighted by molar-refractivity contribution is 0.129. The lowest BCUT2D eigenvalue weighted by Gasteiger charge is -2.34. The highest BCUT2D eigenvalue weighted by Gasteiger charge is 2.22. The Hall–Kier alpha value is -2.65. The van der Waals surface area contributed by atoms with E-state index in [9.17, 15) is 8.42 Å². The lowest BCUT2D eigenvalue weighted by Crippen LogP contribution is -2.48. The average molecular weight is 418 g/mol. The molecular weight excluding hydrogens is 390 g/mol. The van der Waals surface area contributed by atoms with E-state index in [1.165, 1.54) is 12.3 Å². The van der Waals surface area contributed by atoms with E-state index in [-0.39, 0.29) is 17.5 Å². The number of hydrogen-bond acceptors (Lipinski definition) is 5. The number of rotatable bonds is 7. The lowest BCUT2D eigenvalue weighted by atomic mass is 10.1. The molecule has 29 heavy (non-hydrogen) atoms. The van der Waals surface area contributed by atoms with Crippen molar-refractivity contribution in [2.75, 3.05) is 33.2 Å². The highest BCUT2D eigenvalue weighted by molar-refractivity contribution is 7.89. The predicted octanol–water partition coefficient (Wildman–Crippen LogP) is 1.48. The first-order valence-corrected chi connectivity index (χ1v) is 11.1. The molecule has 8 nitrogen and oxygen atoms in total. The number of hydrogen-bond donors (Lipinski definition) is 2. The van der Waals surface area contributed by atoms with Crippen LogP contribution in [0, 0.1) is 0 Å². The van der Waals surface area contributed by atoms with Gasteiger partial charge in [-0.05, 0) is 24.3 Å². The van der Waals surface area contributed by atoms with Gasteiger partial charge in [-0.15, -0.1) is 0 Å². The minimum Gasteiger partial charge on any atom is -0.490 e. The van der Waals surface area contributed by atoms with Crippen LogP contribution in [0.3, 0.4) is 0 Å². The minimum absolute atomic E-state index is 0.157. The molecule has 1 fully saturated rings. The largest absolute Gasteiger partial charge is 0.490 e. The third-order valence-corrected chi connectivity index (χ3v) is 6.09. The van der Waals surface area contributed by atoms with Gasteiger partial charge in [0.15, 0.2) is 5.96 Å². The third-order valence-electron chi connectivity index (χ3n) is 4.64. The molecule has 1 aromatic carbocycles. The van der Waals surface area contributed by atoms with Crippen molar-refractivity contribution in [3.05, 3.63) is 54.9 Å². The number of guanidine groups is 1. The van der Waals surface area contributed by atoms with Crippen LogP contribution in [-0.4, -0.2) is 63.6 Å². The highest BCUT2D eigenvalue weighted by atomic mass is 32.2. The maximum Gasteiger partial charge on any atom is 0.242 e. The van der Waals surface area contributed by atoms with Gasteiger partial charge < -0.3 is 15.0 Å². The van der Waals surface area contributed by atoms with Crippen molar-refractivity contribution >= 4 is 16.0 Å². The van der Waals surface area contributed by atoms with Crippen LogP contribution in [0.25, 0.3) is 0 Å². The Labute approximate surface area is 172 Å². The summed E-state index contributed by atoms with van der Waals surface area (Å²) in [7, 11) is -1.82. The Balaban J connectivity index is 1.41. The molecule has 0 atom stereocenters. The van der Waals surface area contributed by atoms with Crippen LogP contribution >= 0.6 is 0 Å². The van der Waals surface area contributed by atoms with E-state index in [1.807, 2.05) is 30.3 Å². The van der Waals surface area contributed by atoms with Crippen LogP contribution in [0.5, 0.6) is 5.75 Å². The molecule has 0 unspecified atom stereocenters. The Morgan fingerprint density at radius 1 is 1.17 bits per heavy atom. The summed E-state index contributed by atoms with van der Waals surface area (Å²) >= 11 is 0. The van der Waals surface area contributed by atoms with E-state index in [0.717, 1.165) is 37.6 Å². The monoisotopic (exact) mass is 417 g/mol. The zero-order chi connectivity index (χ0) is 20.5. The molecule has 3 rings (SSSR count). The second kappa shape index (κ2) is 10.2. The summed E-state index contributed by atoms with van der Waals surface area (Å²) in [6.07, 6.45) is 4.87. The van der Waals surface area contributed by atoms with Gasteiger partial charge in [0.1, 0.15) is 16.7 Å². The molecule has 0 aliphatic carbocycles. The zero-order valence-electron chi connectivity index (χ0n) is 16.5. The smallest absolute Gasteiger partial charge is 0.242 e. The standard InChI is InChI=1S/C20H27N5O3S/c1-21-20(23-12-13-24-29(26,27)19-8-5-11-22-16-19)25-14-9-18(10-15-25)28-17-6-3-2-4-7-17/h2-8,11,16,18,24H,9-10,12-15H2,1H3,(H,21,23). The van der Waals surface area contributed by atoms with Crippen LogP contribution in [0.4, 0.5) is 0 Å². The van der Waals surface area contributed by atoms with E-state index in [4.69, 9.17) is 4.74 Å². The number of nitrogens with one attached hydrogen (secondary N) is 2. The molecule has 0 radical (unpaired) electrons. The molecular formula is C20H27N5O3S. The topological polar surface area (TPSA) is 95.9 Å². The quantitative estimate of drug-likeness (QED) is 0.402. The summed E-state index contributed by atoms with van der Waals surface area (Å²) in [5, 5.41) is 3.22. The van der Waals surface area contributed by atoms with Crippen molar-refractivity contribution in [2.45, 2.75) is 23.8 Å². The van der Waals surface area contributed by atoms with Crippen molar-refractivity contribution in [2.24, 2.45) is 4.99 Å². The van der Waals surface area contributed by atoms with Crippen LogP contribution < -0.4 is 14.8 Å². The molecule has 2 N–H and O–H groups in total. The number of pyridine rings is 1. The molecule has 0 amide bonds. The highest BCUT2D eigenvalue weighted by Crippen LogP contribution is 2.18. The predicted molar refractivity (Wildman–Crippen MR) is 112 cm³/mol. The third kappa shape index (κ3) is 6.16. The molecule has 2 aromatic rings. The van der Waals surface area contributed by atoms with Gasteiger partial charge in [0, 0.05) is 58.5 Å². The van der Waals surface area contributed by atoms with Crippen LogP contribution in [0.2, 0.25) is 0 Å². The van der Waals surface area contributed by atoms with E-state index < -0.39 is 10.0 Å². The van der Waals surface area contributed by atoms with Gasteiger partial charge in [-0.25, -0.2) is 13.1 Å². The van der Waals surface area contributed by atoms with Crippen molar-refractivity contribution in [1.29, 1.82) is 0 Å². The fourth-order valence-corrected chi connectivity index (χ4v) is 4.15. The molecule has 1 saturated heterocycles. The van der Waals surface area contributed by atoms with E-state index in [0.29, 0.717) is 6.54 Å². The number of benzene rings is 1. The Morgan fingerprint density at radius 3 is 2.59 bits per heavy atom. The summed E-state index contributed by atoms with van der Waals surface area (Å²) in [5.41, 5.74) is 0. The summed E-state index contributed by atoms with van der Waals surface area (Å²) in [5.74, 6) is 1.66. The first-order valence-electron chi connectivity index (χ1n) is 9.65. The van der Waals surface area contributed by atoms with Crippen molar-refractivity contribution in [3.63, 3.8) is 0 Å². The molecule has 9 heteroatoms. The van der Waals surface area contributed by atoms with Crippen molar-refractivity contribution in [1.82, 2.24) is 19.9 Å². The second-order valence-electron chi connectivity index (χ2n) is 6.68.